The first-order chi connectivity index (χ1) is 6.38. The molecule has 0 N–H and O–H groups in total. The highest BCUT2D eigenvalue weighted by Gasteiger charge is 2.00. The van der Waals surface area contributed by atoms with Gasteiger partial charge in [0.1, 0.15) is 0 Å². The maximum atomic E-state index is 11.9. The van der Waals surface area contributed by atoms with Gasteiger partial charge in [-0.25, -0.2) is 0 Å². The second kappa shape index (κ2) is 5.60. The Morgan fingerprint density at radius 1 is 1.38 bits per heavy atom. The highest BCUT2D eigenvalue weighted by atomic mass is 32.2. The van der Waals surface area contributed by atoms with Gasteiger partial charge in [0.05, 0.1) is 19.2 Å². The summed E-state index contributed by atoms with van der Waals surface area (Å²) >= 11 is 1.46. The Morgan fingerprint density at radius 2 is 2.15 bits per heavy atom. The van der Waals surface area contributed by atoms with Gasteiger partial charge >= 0.3 is 0 Å². The molecule has 0 fully saturated rings. The Morgan fingerprint density at radius 3 is 2.85 bits per heavy atom. The molecule has 0 unspecified atom stereocenters. The second-order valence-corrected chi connectivity index (χ2v) is 3.62. The van der Waals surface area contributed by atoms with E-state index < -0.39 is 0 Å². The predicted octanol–water partition coefficient (Wildman–Crippen LogP) is 2.81. The van der Waals surface area contributed by atoms with Crippen LogP contribution in [0.15, 0.2) is 29.2 Å². The quantitative estimate of drug-likeness (QED) is 0.690. The van der Waals surface area contributed by atoms with Gasteiger partial charge in [0.2, 0.25) is 0 Å². The van der Waals surface area contributed by atoms with Crippen LogP contribution in [0.4, 0.5) is 4.39 Å². The Hall–Kier alpha value is -1.01. The van der Waals surface area contributed by atoms with Crippen molar-refractivity contribution in [3.63, 3.8) is 0 Å². The standard InChI is InChI=1S/C10H10FNS/c11-6-8-13-10-4-2-1-3-9(10)5-7-12/h1-4H,5-6,8H2. The number of nitriles is 1. The maximum absolute atomic E-state index is 11.9. The lowest BCUT2D eigenvalue weighted by Crippen LogP contribution is -1.87. The van der Waals surface area contributed by atoms with Crippen LogP contribution >= 0.6 is 11.8 Å². The minimum Gasteiger partial charge on any atom is -0.250 e. The van der Waals surface area contributed by atoms with Crippen LogP contribution in [0.3, 0.4) is 0 Å². The van der Waals surface area contributed by atoms with Gasteiger partial charge < -0.3 is 0 Å². The highest BCUT2D eigenvalue weighted by molar-refractivity contribution is 7.99. The van der Waals surface area contributed by atoms with Crippen LogP contribution in [0.25, 0.3) is 0 Å². The van der Waals surface area contributed by atoms with Gasteiger partial charge in [0.25, 0.3) is 0 Å². The van der Waals surface area contributed by atoms with E-state index in [0.717, 1.165) is 10.5 Å². The average molecular weight is 195 g/mol. The summed E-state index contributed by atoms with van der Waals surface area (Å²) in [7, 11) is 0. The number of halogens is 1. The molecular formula is C10H10FNS. The van der Waals surface area contributed by atoms with Crippen molar-refractivity contribution in [2.45, 2.75) is 11.3 Å². The summed E-state index contributed by atoms with van der Waals surface area (Å²) in [5.41, 5.74) is 0.989. The van der Waals surface area contributed by atoms with Gasteiger partial charge in [-0.2, -0.15) is 5.26 Å². The van der Waals surface area contributed by atoms with Crippen LogP contribution in [-0.2, 0) is 6.42 Å². The topological polar surface area (TPSA) is 23.8 Å². The van der Waals surface area contributed by atoms with Gasteiger partial charge in [-0.05, 0) is 11.6 Å². The first kappa shape index (κ1) is 10.1. The molecule has 0 aromatic heterocycles. The monoisotopic (exact) mass is 195 g/mol. The molecule has 0 aliphatic carbocycles. The summed E-state index contributed by atoms with van der Waals surface area (Å²) in [5.74, 6) is 0.461. The molecule has 0 saturated carbocycles. The zero-order chi connectivity index (χ0) is 9.52. The van der Waals surface area contributed by atoms with Crippen molar-refractivity contribution in [1.29, 1.82) is 5.26 Å². The van der Waals surface area contributed by atoms with E-state index in [9.17, 15) is 4.39 Å². The molecule has 0 atom stereocenters. The van der Waals surface area contributed by atoms with Crippen molar-refractivity contribution in [1.82, 2.24) is 0 Å². The van der Waals surface area contributed by atoms with E-state index in [2.05, 4.69) is 6.07 Å². The van der Waals surface area contributed by atoms with E-state index >= 15 is 0 Å². The van der Waals surface area contributed by atoms with E-state index in [4.69, 9.17) is 5.26 Å². The molecule has 0 radical (unpaired) electrons. The zero-order valence-corrected chi connectivity index (χ0v) is 7.98. The molecule has 1 rings (SSSR count). The van der Waals surface area contributed by atoms with Crippen LogP contribution in [-0.4, -0.2) is 12.4 Å². The number of thioether (sulfide) groups is 1. The molecule has 0 heterocycles. The number of nitrogens with zero attached hydrogens (tertiary/aromatic N) is 1. The largest absolute Gasteiger partial charge is 0.250 e. The number of rotatable bonds is 4. The van der Waals surface area contributed by atoms with Crippen molar-refractivity contribution < 1.29 is 4.39 Å². The molecule has 1 aromatic rings. The van der Waals surface area contributed by atoms with Crippen molar-refractivity contribution in [2.24, 2.45) is 0 Å². The van der Waals surface area contributed by atoms with Crippen LogP contribution < -0.4 is 0 Å². The SMILES string of the molecule is N#CCc1ccccc1SCCF. The summed E-state index contributed by atoms with van der Waals surface area (Å²) in [5, 5.41) is 8.54. The van der Waals surface area contributed by atoms with Crippen LogP contribution in [0, 0.1) is 11.3 Å². The third kappa shape index (κ3) is 3.08. The molecule has 0 aliphatic rings. The Bertz CT molecular complexity index is 306. The van der Waals surface area contributed by atoms with Crippen molar-refractivity contribution in [3.05, 3.63) is 29.8 Å². The van der Waals surface area contributed by atoms with E-state index in [1.807, 2.05) is 24.3 Å². The molecule has 1 nitrogen and oxygen atoms in total. The molecule has 68 valence electrons. The molecule has 1 aromatic carbocycles. The van der Waals surface area contributed by atoms with Gasteiger partial charge in [0.15, 0.2) is 0 Å². The first-order valence-electron chi connectivity index (χ1n) is 4.02. The fourth-order valence-corrected chi connectivity index (χ4v) is 1.82. The van der Waals surface area contributed by atoms with E-state index in [1.54, 1.807) is 0 Å². The first-order valence-corrected chi connectivity index (χ1v) is 5.00. The number of hydrogen-bond donors (Lipinski definition) is 0. The summed E-state index contributed by atoms with van der Waals surface area (Å²) < 4.78 is 11.9. The van der Waals surface area contributed by atoms with Gasteiger partial charge in [-0.3, -0.25) is 4.39 Å². The minimum absolute atomic E-state index is 0.328. The molecule has 3 heteroatoms. The van der Waals surface area contributed by atoms with Gasteiger partial charge in [-0.1, -0.05) is 18.2 Å². The lowest BCUT2D eigenvalue weighted by molar-refractivity contribution is 0.533. The second-order valence-electron chi connectivity index (χ2n) is 2.48. The van der Waals surface area contributed by atoms with E-state index in [0.29, 0.717) is 12.2 Å². The van der Waals surface area contributed by atoms with E-state index in [1.165, 1.54) is 11.8 Å². The number of hydrogen-bond acceptors (Lipinski definition) is 2. The molecule has 13 heavy (non-hydrogen) atoms. The van der Waals surface area contributed by atoms with Crippen molar-refractivity contribution >= 4 is 11.8 Å². The summed E-state index contributed by atoms with van der Waals surface area (Å²) in [6.45, 7) is -0.328. The lowest BCUT2D eigenvalue weighted by atomic mass is 10.2. The zero-order valence-electron chi connectivity index (χ0n) is 7.16. The minimum atomic E-state index is -0.328. The molecular weight excluding hydrogens is 185 g/mol. The lowest BCUT2D eigenvalue weighted by Gasteiger charge is -2.03. The molecule has 0 saturated heterocycles. The Balaban J connectivity index is 2.73. The van der Waals surface area contributed by atoms with Crippen molar-refractivity contribution in [3.8, 4) is 6.07 Å². The van der Waals surface area contributed by atoms with Gasteiger partial charge in [-0.15, -0.1) is 11.8 Å². The molecule has 0 bridgehead atoms. The Kier molecular flexibility index (Phi) is 4.34. The maximum Gasteiger partial charge on any atom is 0.0988 e. The average Bonchev–Trinajstić information content (AvgIpc) is 2.17. The third-order valence-electron chi connectivity index (χ3n) is 1.58. The van der Waals surface area contributed by atoms with E-state index in [-0.39, 0.29) is 6.67 Å². The molecule has 0 spiro atoms. The normalized spacial score (nSPS) is 9.54. The summed E-state index contributed by atoms with van der Waals surface area (Å²) in [6.07, 6.45) is 0.398. The molecule has 0 aliphatic heterocycles. The Labute approximate surface area is 81.6 Å². The number of benzene rings is 1. The third-order valence-corrected chi connectivity index (χ3v) is 2.64. The van der Waals surface area contributed by atoms with Crippen LogP contribution in [0.2, 0.25) is 0 Å². The number of alkyl halides is 1. The van der Waals surface area contributed by atoms with Gasteiger partial charge in [0, 0.05) is 10.6 Å². The fraction of sp³-hybridized carbons (Fsp3) is 0.300. The van der Waals surface area contributed by atoms with Crippen molar-refractivity contribution in [2.75, 3.05) is 12.4 Å². The fourth-order valence-electron chi connectivity index (χ4n) is 1.02. The predicted molar refractivity (Wildman–Crippen MR) is 52.5 cm³/mol. The smallest absolute Gasteiger partial charge is 0.0988 e. The summed E-state index contributed by atoms with van der Waals surface area (Å²) in [6, 6.07) is 9.72. The van der Waals surface area contributed by atoms with Crippen LogP contribution in [0.5, 0.6) is 0 Å². The summed E-state index contributed by atoms with van der Waals surface area (Å²) in [4.78, 5) is 1.02. The van der Waals surface area contributed by atoms with Crippen LogP contribution in [0.1, 0.15) is 5.56 Å². The molecule has 0 amide bonds. The highest BCUT2D eigenvalue weighted by Crippen LogP contribution is 2.22.